The Morgan fingerprint density at radius 3 is 1.62 bits per heavy atom. The first kappa shape index (κ1) is 23.0. The van der Waals surface area contributed by atoms with Crippen LogP contribution in [0.4, 0.5) is 0 Å². The quantitative estimate of drug-likeness (QED) is 0.279. The Bertz CT molecular complexity index is 372. The highest BCUT2D eigenvalue weighted by atomic mass is 16.5. The summed E-state index contributed by atoms with van der Waals surface area (Å²) in [5.74, 6) is -1.19. The summed E-state index contributed by atoms with van der Waals surface area (Å²) in [5, 5.41) is 8.98. The minimum Gasteiger partial charge on any atom is -0.481 e. The second-order valence-corrected chi connectivity index (χ2v) is 7.94. The number of carbonyl (C=O) groups is 2. The summed E-state index contributed by atoms with van der Waals surface area (Å²) >= 11 is 0. The molecule has 26 heavy (non-hydrogen) atoms. The first-order chi connectivity index (χ1) is 12.6. The van der Waals surface area contributed by atoms with Gasteiger partial charge in [0.05, 0.1) is 18.4 Å². The fraction of sp³-hybridized carbons (Fsp3) is 0.909. The van der Waals surface area contributed by atoms with Gasteiger partial charge in [-0.1, -0.05) is 77.6 Å². The van der Waals surface area contributed by atoms with Crippen molar-refractivity contribution in [3.63, 3.8) is 0 Å². The van der Waals surface area contributed by atoms with Crippen molar-refractivity contribution in [2.75, 3.05) is 6.61 Å². The normalized spacial score (nSPS) is 20.0. The highest BCUT2D eigenvalue weighted by molar-refractivity contribution is 5.74. The zero-order chi connectivity index (χ0) is 19.0. The van der Waals surface area contributed by atoms with Crippen molar-refractivity contribution >= 4 is 11.9 Å². The number of carboxylic acids is 1. The van der Waals surface area contributed by atoms with Crippen LogP contribution >= 0.6 is 0 Å². The van der Waals surface area contributed by atoms with Gasteiger partial charge in [-0.15, -0.1) is 0 Å². The number of rotatable bonds is 15. The van der Waals surface area contributed by atoms with Gasteiger partial charge in [0.15, 0.2) is 0 Å². The molecule has 1 aliphatic carbocycles. The molecule has 0 unspecified atom stereocenters. The fourth-order valence-corrected chi connectivity index (χ4v) is 3.81. The largest absolute Gasteiger partial charge is 0.481 e. The van der Waals surface area contributed by atoms with Gasteiger partial charge in [-0.05, 0) is 32.1 Å². The van der Waals surface area contributed by atoms with E-state index in [4.69, 9.17) is 9.84 Å². The van der Waals surface area contributed by atoms with Crippen molar-refractivity contribution in [3.8, 4) is 0 Å². The average Bonchev–Trinajstić information content (AvgIpc) is 2.65. The average molecular weight is 369 g/mol. The molecule has 1 rings (SSSR count). The molecule has 152 valence electrons. The lowest BCUT2D eigenvalue weighted by atomic mass is 9.82. The van der Waals surface area contributed by atoms with Crippen molar-refractivity contribution in [3.05, 3.63) is 0 Å². The molecule has 1 fully saturated rings. The summed E-state index contributed by atoms with van der Waals surface area (Å²) in [6, 6.07) is 0. The van der Waals surface area contributed by atoms with Gasteiger partial charge in [0.2, 0.25) is 0 Å². The molecule has 0 atom stereocenters. The minimum absolute atomic E-state index is 0.0806. The summed E-state index contributed by atoms with van der Waals surface area (Å²) in [7, 11) is 0. The topological polar surface area (TPSA) is 63.6 Å². The van der Waals surface area contributed by atoms with Gasteiger partial charge in [-0.3, -0.25) is 9.59 Å². The number of hydrogen-bond donors (Lipinski definition) is 1. The lowest BCUT2D eigenvalue weighted by Crippen LogP contribution is -2.27. The van der Waals surface area contributed by atoms with E-state index in [1.54, 1.807) is 0 Å². The van der Waals surface area contributed by atoms with Gasteiger partial charge in [-0.2, -0.15) is 0 Å². The Kier molecular flexibility index (Phi) is 13.3. The molecule has 1 N–H and O–H groups in total. The fourth-order valence-electron chi connectivity index (χ4n) is 3.81. The molecular weight excluding hydrogens is 328 g/mol. The van der Waals surface area contributed by atoms with Crippen molar-refractivity contribution in [2.24, 2.45) is 11.8 Å². The smallest absolute Gasteiger partial charge is 0.308 e. The number of aliphatic carboxylic acids is 1. The van der Waals surface area contributed by atoms with Crippen LogP contribution in [0.5, 0.6) is 0 Å². The van der Waals surface area contributed by atoms with Gasteiger partial charge < -0.3 is 9.84 Å². The molecule has 0 saturated heterocycles. The minimum atomic E-state index is -0.728. The van der Waals surface area contributed by atoms with Crippen molar-refractivity contribution in [2.45, 2.75) is 110 Å². The monoisotopic (exact) mass is 368 g/mol. The molecule has 0 aliphatic heterocycles. The van der Waals surface area contributed by atoms with Gasteiger partial charge in [-0.25, -0.2) is 0 Å². The predicted octanol–water partition coefficient (Wildman–Crippen LogP) is 6.12. The van der Waals surface area contributed by atoms with E-state index < -0.39 is 5.97 Å². The maximum atomic E-state index is 12.0. The zero-order valence-electron chi connectivity index (χ0n) is 16.8. The number of esters is 1. The van der Waals surface area contributed by atoms with Crippen molar-refractivity contribution < 1.29 is 19.4 Å². The number of ether oxygens (including phenoxy) is 1. The lowest BCUT2D eigenvalue weighted by Gasteiger charge is -2.24. The summed E-state index contributed by atoms with van der Waals surface area (Å²) < 4.78 is 5.38. The van der Waals surface area contributed by atoms with Crippen LogP contribution in [-0.2, 0) is 14.3 Å². The number of unbranched alkanes of at least 4 members (excludes halogenated alkanes) is 11. The van der Waals surface area contributed by atoms with E-state index in [1.165, 1.54) is 64.2 Å². The van der Waals surface area contributed by atoms with Crippen LogP contribution in [0.2, 0.25) is 0 Å². The van der Waals surface area contributed by atoms with Gasteiger partial charge in [0, 0.05) is 0 Å². The van der Waals surface area contributed by atoms with Crippen LogP contribution in [0.3, 0.4) is 0 Å². The van der Waals surface area contributed by atoms with Gasteiger partial charge in [0.25, 0.3) is 0 Å². The number of carboxylic acid groups (broad SMARTS) is 1. The van der Waals surface area contributed by atoms with E-state index in [2.05, 4.69) is 6.92 Å². The molecule has 1 saturated carbocycles. The zero-order valence-corrected chi connectivity index (χ0v) is 16.8. The van der Waals surface area contributed by atoms with E-state index in [0.717, 1.165) is 12.8 Å². The van der Waals surface area contributed by atoms with Crippen LogP contribution in [-0.4, -0.2) is 23.7 Å². The first-order valence-electron chi connectivity index (χ1n) is 11.0. The van der Waals surface area contributed by atoms with Crippen LogP contribution in [0, 0.1) is 11.8 Å². The highest BCUT2D eigenvalue weighted by Crippen LogP contribution is 2.29. The molecule has 0 bridgehead atoms. The maximum Gasteiger partial charge on any atom is 0.308 e. The van der Waals surface area contributed by atoms with Crippen LogP contribution < -0.4 is 0 Å². The molecule has 0 aromatic rings. The number of carbonyl (C=O) groups excluding carboxylic acids is 1. The SMILES string of the molecule is CCCCCCCCCCCCCCOC(=O)C1CCC(C(=O)O)CC1. The molecule has 0 spiro atoms. The summed E-state index contributed by atoms with van der Waals surface area (Å²) in [6.07, 6.45) is 18.1. The third-order valence-electron chi connectivity index (χ3n) is 5.65. The summed E-state index contributed by atoms with van der Waals surface area (Å²) in [4.78, 5) is 22.9. The Labute approximate surface area is 160 Å². The van der Waals surface area contributed by atoms with Gasteiger partial charge >= 0.3 is 11.9 Å². The molecule has 0 aromatic carbocycles. The molecule has 0 amide bonds. The van der Waals surface area contributed by atoms with Crippen LogP contribution in [0.1, 0.15) is 110 Å². The van der Waals surface area contributed by atoms with E-state index in [9.17, 15) is 9.59 Å². The maximum absolute atomic E-state index is 12.0. The summed E-state index contributed by atoms with van der Waals surface area (Å²) in [5.41, 5.74) is 0. The second-order valence-electron chi connectivity index (χ2n) is 7.94. The van der Waals surface area contributed by atoms with Crippen molar-refractivity contribution in [1.29, 1.82) is 0 Å². The third-order valence-corrected chi connectivity index (χ3v) is 5.65. The van der Waals surface area contributed by atoms with Crippen LogP contribution in [0.25, 0.3) is 0 Å². The molecule has 4 heteroatoms. The molecular formula is C22H40O4. The lowest BCUT2D eigenvalue weighted by molar-refractivity contribution is -0.152. The molecule has 0 aromatic heterocycles. The Balaban J connectivity index is 1.86. The van der Waals surface area contributed by atoms with E-state index >= 15 is 0 Å². The Morgan fingerprint density at radius 2 is 1.15 bits per heavy atom. The van der Waals surface area contributed by atoms with Crippen molar-refractivity contribution in [1.82, 2.24) is 0 Å². The van der Waals surface area contributed by atoms with E-state index in [-0.39, 0.29) is 17.8 Å². The molecule has 4 nitrogen and oxygen atoms in total. The van der Waals surface area contributed by atoms with Gasteiger partial charge in [0.1, 0.15) is 0 Å². The summed E-state index contributed by atoms with van der Waals surface area (Å²) in [6.45, 7) is 2.78. The van der Waals surface area contributed by atoms with E-state index in [1.807, 2.05) is 0 Å². The molecule has 0 radical (unpaired) electrons. The van der Waals surface area contributed by atoms with E-state index in [0.29, 0.717) is 32.3 Å². The first-order valence-corrected chi connectivity index (χ1v) is 11.0. The van der Waals surface area contributed by atoms with Crippen LogP contribution in [0.15, 0.2) is 0 Å². The highest BCUT2D eigenvalue weighted by Gasteiger charge is 2.30. The standard InChI is InChI=1S/C22H40O4/c1-2-3-4-5-6-7-8-9-10-11-12-13-18-26-22(25)20-16-14-19(15-17-20)21(23)24/h19-20H,2-18H2,1H3,(H,23,24). The Morgan fingerprint density at radius 1 is 0.731 bits per heavy atom. The second kappa shape index (κ2) is 15.0. The Hall–Kier alpha value is -1.06. The molecule has 1 aliphatic rings. The molecule has 0 heterocycles. The third kappa shape index (κ3) is 10.8. The number of hydrogen-bond acceptors (Lipinski definition) is 3. The predicted molar refractivity (Wildman–Crippen MR) is 105 cm³/mol.